The molecule has 0 spiro atoms. The Hall–Kier alpha value is -2.15. The van der Waals surface area contributed by atoms with E-state index in [0.29, 0.717) is 36.5 Å². The lowest BCUT2D eigenvalue weighted by molar-refractivity contribution is 0.0477. The van der Waals surface area contributed by atoms with Crippen LogP contribution >= 0.6 is 0 Å². The molecule has 0 radical (unpaired) electrons. The van der Waals surface area contributed by atoms with Gasteiger partial charge in [0.1, 0.15) is 17.1 Å². The largest absolute Gasteiger partial charge is 0.360 e. The standard InChI is InChI=1S/C16H23N5O2/c1-4-13-14(11(3)19-23-13)16(22)21-9-8-20(5-2)12(10-21)15-17-6-7-18-15/h6-7,12H,4-5,8-10H2,1-3H3,(H,17,18)/t12-/m0/s1. The first kappa shape index (κ1) is 15.7. The first-order valence-corrected chi connectivity index (χ1v) is 8.13. The number of hydrogen-bond donors (Lipinski definition) is 1. The van der Waals surface area contributed by atoms with Crippen LogP contribution in [0.1, 0.15) is 47.5 Å². The second kappa shape index (κ2) is 6.54. The Kier molecular flexibility index (Phi) is 4.47. The Morgan fingerprint density at radius 2 is 2.26 bits per heavy atom. The van der Waals surface area contributed by atoms with Crippen molar-refractivity contribution in [3.05, 3.63) is 35.2 Å². The number of likely N-dealkylation sites (N-methyl/N-ethyl adjacent to an activating group) is 1. The molecule has 23 heavy (non-hydrogen) atoms. The molecule has 1 N–H and O–H groups in total. The zero-order chi connectivity index (χ0) is 16.4. The molecule has 124 valence electrons. The van der Waals surface area contributed by atoms with Crippen LogP contribution in [0.4, 0.5) is 0 Å². The van der Waals surface area contributed by atoms with Crippen LogP contribution in [0.5, 0.6) is 0 Å². The lowest BCUT2D eigenvalue weighted by Crippen LogP contribution is -2.50. The van der Waals surface area contributed by atoms with Crippen molar-refractivity contribution in [1.82, 2.24) is 24.9 Å². The fourth-order valence-corrected chi connectivity index (χ4v) is 3.19. The molecule has 0 bridgehead atoms. The number of nitrogens with one attached hydrogen (secondary N) is 1. The highest BCUT2D eigenvalue weighted by Gasteiger charge is 2.33. The van der Waals surface area contributed by atoms with Gasteiger partial charge in [-0.15, -0.1) is 0 Å². The van der Waals surface area contributed by atoms with Crippen molar-refractivity contribution in [3.63, 3.8) is 0 Å². The van der Waals surface area contributed by atoms with Gasteiger partial charge in [0.15, 0.2) is 0 Å². The topological polar surface area (TPSA) is 78.3 Å². The van der Waals surface area contributed by atoms with Crippen LogP contribution < -0.4 is 0 Å². The number of piperazine rings is 1. The molecular formula is C16H23N5O2. The van der Waals surface area contributed by atoms with Gasteiger partial charge in [-0.1, -0.05) is 19.0 Å². The normalized spacial score (nSPS) is 19.3. The highest BCUT2D eigenvalue weighted by atomic mass is 16.5. The van der Waals surface area contributed by atoms with E-state index in [0.717, 1.165) is 18.9 Å². The molecule has 7 heteroatoms. The predicted molar refractivity (Wildman–Crippen MR) is 85.1 cm³/mol. The van der Waals surface area contributed by atoms with Crippen LogP contribution in [-0.4, -0.2) is 57.0 Å². The quantitative estimate of drug-likeness (QED) is 0.930. The van der Waals surface area contributed by atoms with Crippen molar-refractivity contribution < 1.29 is 9.32 Å². The van der Waals surface area contributed by atoms with E-state index in [4.69, 9.17) is 4.52 Å². The number of rotatable bonds is 4. The van der Waals surface area contributed by atoms with Gasteiger partial charge in [-0.25, -0.2) is 4.98 Å². The maximum Gasteiger partial charge on any atom is 0.259 e. The first-order chi connectivity index (χ1) is 11.2. The highest BCUT2D eigenvalue weighted by molar-refractivity contribution is 5.96. The Morgan fingerprint density at radius 3 is 2.91 bits per heavy atom. The molecule has 7 nitrogen and oxygen atoms in total. The zero-order valence-electron chi connectivity index (χ0n) is 13.9. The number of nitrogens with zero attached hydrogens (tertiary/aromatic N) is 4. The minimum absolute atomic E-state index is 0.00732. The van der Waals surface area contributed by atoms with Crippen molar-refractivity contribution in [2.24, 2.45) is 0 Å². The maximum absolute atomic E-state index is 12.9. The minimum atomic E-state index is 0.00732. The number of aromatic amines is 1. The van der Waals surface area contributed by atoms with Gasteiger partial charge in [0.2, 0.25) is 0 Å². The number of H-pyrrole nitrogens is 1. The van der Waals surface area contributed by atoms with E-state index in [-0.39, 0.29) is 11.9 Å². The second-order valence-corrected chi connectivity index (χ2v) is 5.79. The van der Waals surface area contributed by atoms with Crippen LogP contribution in [0.2, 0.25) is 0 Å². The third-order valence-corrected chi connectivity index (χ3v) is 4.49. The fourth-order valence-electron chi connectivity index (χ4n) is 3.19. The second-order valence-electron chi connectivity index (χ2n) is 5.79. The smallest absolute Gasteiger partial charge is 0.259 e. The van der Waals surface area contributed by atoms with Crippen molar-refractivity contribution in [2.45, 2.75) is 33.2 Å². The van der Waals surface area contributed by atoms with Gasteiger partial charge in [0, 0.05) is 38.4 Å². The highest BCUT2D eigenvalue weighted by Crippen LogP contribution is 2.25. The number of imidazole rings is 1. The van der Waals surface area contributed by atoms with E-state index in [1.165, 1.54) is 0 Å². The molecular weight excluding hydrogens is 294 g/mol. The lowest BCUT2D eigenvalue weighted by Gasteiger charge is -2.40. The molecule has 0 aliphatic carbocycles. The van der Waals surface area contributed by atoms with Crippen molar-refractivity contribution in [1.29, 1.82) is 0 Å². The molecule has 1 atom stereocenters. The molecule has 1 amide bonds. The summed E-state index contributed by atoms with van der Waals surface area (Å²) < 4.78 is 5.27. The molecule has 1 saturated heterocycles. The summed E-state index contributed by atoms with van der Waals surface area (Å²) in [5.41, 5.74) is 1.29. The summed E-state index contributed by atoms with van der Waals surface area (Å²) in [6.45, 7) is 9.01. The van der Waals surface area contributed by atoms with Crippen LogP contribution in [0.3, 0.4) is 0 Å². The first-order valence-electron chi connectivity index (χ1n) is 8.13. The van der Waals surface area contributed by atoms with Gasteiger partial charge in [-0.3, -0.25) is 9.69 Å². The van der Waals surface area contributed by atoms with Crippen LogP contribution in [0.15, 0.2) is 16.9 Å². The van der Waals surface area contributed by atoms with E-state index < -0.39 is 0 Å². The molecule has 3 heterocycles. The van der Waals surface area contributed by atoms with Crippen molar-refractivity contribution in [2.75, 3.05) is 26.2 Å². The molecule has 2 aromatic heterocycles. The van der Waals surface area contributed by atoms with E-state index in [1.54, 1.807) is 6.20 Å². The molecule has 1 aliphatic rings. The zero-order valence-corrected chi connectivity index (χ0v) is 13.9. The fraction of sp³-hybridized carbons (Fsp3) is 0.562. The number of carbonyl (C=O) groups excluding carboxylic acids is 1. The lowest BCUT2D eigenvalue weighted by atomic mass is 10.1. The van der Waals surface area contributed by atoms with Crippen molar-refractivity contribution >= 4 is 5.91 Å². The maximum atomic E-state index is 12.9. The van der Waals surface area contributed by atoms with Crippen LogP contribution in [0, 0.1) is 6.92 Å². The van der Waals surface area contributed by atoms with Crippen LogP contribution in [0.25, 0.3) is 0 Å². The third-order valence-electron chi connectivity index (χ3n) is 4.49. The van der Waals surface area contributed by atoms with E-state index in [1.807, 2.05) is 24.9 Å². The monoisotopic (exact) mass is 317 g/mol. The van der Waals surface area contributed by atoms with Gasteiger partial charge >= 0.3 is 0 Å². The predicted octanol–water partition coefficient (Wildman–Crippen LogP) is 1.79. The van der Waals surface area contributed by atoms with E-state index >= 15 is 0 Å². The third kappa shape index (κ3) is 2.88. The molecule has 3 rings (SSSR count). The van der Waals surface area contributed by atoms with Gasteiger partial charge in [-0.2, -0.15) is 0 Å². The number of hydrogen-bond acceptors (Lipinski definition) is 5. The Morgan fingerprint density at radius 1 is 1.43 bits per heavy atom. The number of aromatic nitrogens is 3. The van der Waals surface area contributed by atoms with E-state index in [9.17, 15) is 4.79 Å². The Balaban J connectivity index is 1.83. The van der Waals surface area contributed by atoms with Gasteiger partial charge in [-0.05, 0) is 13.5 Å². The van der Waals surface area contributed by atoms with E-state index in [2.05, 4.69) is 26.9 Å². The molecule has 0 unspecified atom stereocenters. The molecule has 0 saturated carbocycles. The van der Waals surface area contributed by atoms with Gasteiger partial charge in [0.25, 0.3) is 5.91 Å². The Bertz CT molecular complexity index is 664. The number of aryl methyl sites for hydroxylation is 2. The summed E-state index contributed by atoms with van der Waals surface area (Å²) in [7, 11) is 0. The molecule has 1 aliphatic heterocycles. The summed E-state index contributed by atoms with van der Waals surface area (Å²) in [5.74, 6) is 1.58. The summed E-state index contributed by atoms with van der Waals surface area (Å²) in [4.78, 5) is 24.7. The van der Waals surface area contributed by atoms with Crippen LogP contribution in [-0.2, 0) is 6.42 Å². The SMILES string of the molecule is CCc1onc(C)c1C(=O)N1CCN(CC)[C@H](c2ncc[nH]2)C1. The molecule has 2 aromatic rings. The summed E-state index contributed by atoms with van der Waals surface area (Å²) in [5, 5.41) is 3.95. The van der Waals surface area contributed by atoms with Gasteiger partial charge < -0.3 is 14.4 Å². The molecule has 0 aromatic carbocycles. The van der Waals surface area contributed by atoms with Crippen molar-refractivity contribution in [3.8, 4) is 0 Å². The average molecular weight is 317 g/mol. The number of amides is 1. The minimum Gasteiger partial charge on any atom is -0.360 e. The van der Waals surface area contributed by atoms with Gasteiger partial charge in [0.05, 0.1) is 11.7 Å². The Labute approximate surface area is 135 Å². The summed E-state index contributed by atoms with van der Waals surface area (Å²) in [6, 6.07) is 0.0953. The summed E-state index contributed by atoms with van der Waals surface area (Å²) in [6.07, 6.45) is 4.24. The number of carbonyl (C=O) groups is 1. The molecule has 1 fully saturated rings. The summed E-state index contributed by atoms with van der Waals surface area (Å²) >= 11 is 0. The average Bonchev–Trinajstić information content (AvgIpc) is 3.23.